The number of nitro groups is 1. The molecule has 0 bridgehead atoms. The summed E-state index contributed by atoms with van der Waals surface area (Å²) < 4.78 is 6.00. The summed E-state index contributed by atoms with van der Waals surface area (Å²) in [7, 11) is 0. The molecule has 1 aromatic rings. The van der Waals surface area contributed by atoms with Crippen LogP contribution in [-0.4, -0.2) is 29.1 Å². The highest BCUT2D eigenvalue weighted by Gasteiger charge is 2.23. The first kappa shape index (κ1) is 14.8. The summed E-state index contributed by atoms with van der Waals surface area (Å²) in [6.07, 6.45) is 5.91. The van der Waals surface area contributed by atoms with Crippen molar-refractivity contribution >= 4 is 5.69 Å². The molecule has 5 heteroatoms. The number of non-ortho nitro benzene ring substituents is 1. The van der Waals surface area contributed by atoms with E-state index >= 15 is 0 Å². The van der Waals surface area contributed by atoms with E-state index in [1.54, 1.807) is 12.1 Å². The predicted molar refractivity (Wildman–Crippen MR) is 77.8 cm³/mol. The van der Waals surface area contributed by atoms with Gasteiger partial charge in [-0.1, -0.05) is 13.3 Å². The Hall–Kier alpha value is -1.62. The second-order valence-electron chi connectivity index (χ2n) is 5.21. The van der Waals surface area contributed by atoms with E-state index in [4.69, 9.17) is 4.74 Å². The van der Waals surface area contributed by atoms with Crippen LogP contribution in [0, 0.1) is 10.1 Å². The van der Waals surface area contributed by atoms with Crippen LogP contribution in [0.15, 0.2) is 24.3 Å². The number of likely N-dealkylation sites (tertiary alicyclic amines) is 1. The predicted octanol–water partition coefficient (Wildman–Crippen LogP) is 3.59. The fraction of sp³-hybridized carbons (Fsp3) is 0.600. The summed E-state index contributed by atoms with van der Waals surface area (Å²) >= 11 is 0. The van der Waals surface area contributed by atoms with Gasteiger partial charge in [-0.25, -0.2) is 0 Å². The third-order valence-electron chi connectivity index (χ3n) is 3.67. The largest absolute Gasteiger partial charge is 0.475 e. The van der Waals surface area contributed by atoms with Crippen LogP contribution in [-0.2, 0) is 0 Å². The number of ether oxygens (including phenoxy) is 1. The van der Waals surface area contributed by atoms with Crippen molar-refractivity contribution in [2.24, 2.45) is 0 Å². The van der Waals surface area contributed by atoms with Gasteiger partial charge in [-0.15, -0.1) is 0 Å². The van der Waals surface area contributed by atoms with E-state index in [1.807, 2.05) is 0 Å². The Morgan fingerprint density at radius 1 is 1.35 bits per heavy atom. The molecule has 1 heterocycles. The Labute approximate surface area is 119 Å². The maximum Gasteiger partial charge on any atom is 0.269 e. The van der Waals surface area contributed by atoms with Crippen LogP contribution in [0.25, 0.3) is 0 Å². The molecule has 1 saturated heterocycles. The maximum atomic E-state index is 10.6. The molecule has 0 aliphatic carbocycles. The number of benzene rings is 1. The summed E-state index contributed by atoms with van der Waals surface area (Å²) in [4.78, 5) is 12.6. The molecular formula is C15H22N2O3. The molecule has 2 rings (SSSR count). The number of unbranched alkanes of at least 4 members (excludes halogenated alkanes) is 1. The van der Waals surface area contributed by atoms with Crippen LogP contribution < -0.4 is 4.74 Å². The van der Waals surface area contributed by atoms with Gasteiger partial charge in [-0.2, -0.15) is 0 Å². The van der Waals surface area contributed by atoms with E-state index in [9.17, 15) is 10.1 Å². The maximum absolute atomic E-state index is 10.6. The summed E-state index contributed by atoms with van der Waals surface area (Å²) in [5, 5.41) is 10.6. The highest BCUT2D eigenvalue weighted by atomic mass is 16.6. The van der Waals surface area contributed by atoms with Crippen molar-refractivity contribution in [1.29, 1.82) is 0 Å². The van der Waals surface area contributed by atoms with Crippen molar-refractivity contribution < 1.29 is 9.66 Å². The van der Waals surface area contributed by atoms with Gasteiger partial charge >= 0.3 is 0 Å². The van der Waals surface area contributed by atoms with Crippen LogP contribution in [0.1, 0.15) is 39.0 Å². The zero-order valence-corrected chi connectivity index (χ0v) is 12.0. The minimum absolute atomic E-state index is 0.101. The number of nitrogens with zero attached hydrogens (tertiary/aromatic N) is 2. The average Bonchev–Trinajstić information content (AvgIpc) is 2.47. The quantitative estimate of drug-likeness (QED) is 0.589. The fourth-order valence-corrected chi connectivity index (χ4v) is 2.51. The Kier molecular flexibility index (Phi) is 5.35. The standard InChI is InChI=1S/C15H22N2O3/c1-2-3-11-16-12-5-4-6-15(16)20-14-9-7-13(8-10-14)17(18)19/h7-10,15H,2-6,11-12H2,1H3. The Balaban J connectivity index is 1.97. The average molecular weight is 278 g/mol. The van der Waals surface area contributed by atoms with Crippen LogP contribution in [0.2, 0.25) is 0 Å². The van der Waals surface area contributed by atoms with Gasteiger partial charge in [0, 0.05) is 25.2 Å². The van der Waals surface area contributed by atoms with E-state index in [0.717, 1.165) is 19.5 Å². The monoisotopic (exact) mass is 278 g/mol. The molecule has 1 aromatic carbocycles. The normalized spacial score (nSPS) is 19.8. The third kappa shape index (κ3) is 3.93. The van der Waals surface area contributed by atoms with Crippen LogP contribution in [0.5, 0.6) is 5.75 Å². The van der Waals surface area contributed by atoms with Gasteiger partial charge in [0.1, 0.15) is 5.75 Å². The molecule has 0 radical (unpaired) electrons. The van der Waals surface area contributed by atoms with Gasteiger partial charge in [0.05, 0.1) is 4.92 Å². The molecular weight excluding hydrogens is 256 g/mol. The lowest BCUT2D eigenvalue weighted by Gasteiger charge is -2.35. The van der Waals surface area contributed by atoms with E-state index < -0.39 is 4.92 Å². The minimum Gasteiger partial charge on any atom is -0.475 e. The van der Waals surface area contributed by atoms with Crippen molar-refractivity contribution in [2.45, 2.75) is 45.3 Å². The smallest absolute Gasteiger partial charge is 0.269 e. The van der Waals surface area contributed by atoms with E-state index in [-0.39, 0.29) is 11.9 Å². The molecule has 0 N–H and O–H groups in total. The lowest BCUT2D eigenvalue weighted by atomic mass is 10.1. The minimum atomic E-state index is -0.391. The van der Waals surface area contributed by atoms with Crippen LogP contribution in [0.3, 0.4) is 0 Å². The molecule has 1 unspecified atom stereocenters. The van der Waals surface area contributed by atoms with Crippen molar-refractivity contribution in [3.8, 4) is 5.75 Å². The lowest BCUT2D eigenvalue weighted by Crippen LogP contribution is -2.43. The summed E-state index contributed by atoms with van der Waals surface area (Å²) in [6.45, 7) is 4.34. The van der Waals surface area contributed by atoms with Gasteiger partial charge in [0.25, 0.3) is 5.69 Å². The number of nitro benzene ring substituents is 1. The van der Waals surface area contributed by atoms with Gasteiger partial charge < -0.3 is 4.74 Å². The van der Waals surface area contributed by atoms with Crippen molar-refractivity contribution in [3.63, 3.8) is 0 Å². The molecule has 1 fully saturated rings. The molecule has 0 aromatic heterocycles. The zero-order chi connectivity index (χ0) is 14.4. The molecule has 0 spiro atoms. The molecule has 0 saturated carbocycles. The lowest BCUT2D eigenvalue weighted by molar-refractivity contribution is -0.384. The Morgan fingerprint density at radius 3 is 2.75 bits per heavy atom. The Morgan fingerprint density at radius 2 is 2.10 bits per heavy atom. The Bertz CT molecular complexity index is 433. The van der Waals surface area contributed by atoms with Gasteiger partial charge in [-0.05, 0) is 37.8 Å². The van der Waals surface area contributed by atoms with E-state index in [0.29, 0.717) is 5.75 Å². The topological polar surface area (TPSA) is 55.6 Å². The third-order valence-corrected chi connectivity index (χ3v) is 3.67. The first-order chi connectivity index (χ1) is 9.70. The molecule has 0 amide bonds. The highest BCUT2D eigenvalue weighted by molar-refractivity contribution is 5.36. The fourth-order valence-electron chi connectivity index (χ4n) is 2.51. The number of hydrogen-bond acceptors (Lipinski definition) is 4. The second kappa shape index (κ2) is 7.24. The number of hydrogen-bond donors (Lipinski definition) is 0. The van der Waals surface area contributed by atoms with Gasteiger partial charge in [0.15, 0.2) is 6.23 Å². The number of rotatable bonds is 6. The van der Waals surface area contributed by atoms with Crippen LogP contribution in [0.4, 0.5) is 5.69 Å². The molecule has 5 nitrogen and oxygen atoms in total. The summed E-state index contributed by atoms with van der Waals surface area (Å²) in [5.41, 5.74) is 0.101. The molecule has 20 heavy (non-hydrogen) atoms. The first-order valence-electron chi connectivity index (χ1n) is 7.36. The van der Waals surface area contributed by atoms with Gasteiger partial charge in [-0.3, -0.25) is 15.0 Å². The van der Waals surface area contributed by atoms with Crippen LogP contribution >= 0.6 is 0 Å². The summed E-state index contributed by atoms with van der Waals surface area (Å²) in [5.74, 6) is 0.712. The second-order valence-corrected chi connectivity index (χ2v) is 5.21. The zero-order valence-electron chi connectivity index (χ0n) is 12.0. The molecule has 1 aliphatic rings. The molecule has 110 valence electrons. The van der Waals surface area contributed by atoms with Crippen molar-refractivity contribution in [3.05, 3.63) is 34.4 Å². The first-order valence-corrected chi connectivity index (χ1v) is 7.36. The van der Waals surface area contributed by atoms with E-state index in [2.05, 4.69) is 11.8 Å². The SMILES string of the molecule is CCCCN1CCCCC1Oc1ccc([N+](=O)[O-])cc1. The summed E-state index contributed by atoms with van der Waals surface area (Å²) in [6, 6.07) is 6.36. The van der Waals surface area contributed by atoms with Crippen molar-refractivity contribution in [2.75, 3.05) is 13.1 Å². The van der Waals surface area contributed by atoms with E-state index in [1.165, 1.54) is 37.8 Å². The van der Waals surface area contributed by atoms with Gasteiger partial charge in [0.2, 0.25) is 0 Å². The van der Waals surface area contributed by atoms with Crippen molar-refractivity contribution in [1.82, 2.24) is 4.90 Å². The molecule has 1 aliphatic heterocycles. The number of piperidine rings is 1. The highest BCUT2D eigenvalue weighted by Crippen LogP contribution is 2.23. The molecule has 1 atom stereocenters.